The number of esters is 1. The Hall–Kier alpha value is -2.60. The van der Waals surface area contributed by atoms with Crippen LogP contribution in [0.1, 0.15) is 18.4 Å². The number of carbonyl (C=O) groups is 2. The fourth-order valence-electron chi connectivity index (χ4n) is 2.96. The van der Waals surface area contributed by atoms with Crippen molar-refractivity contribution >= 4 is 22.6 Å². The molecule has 1 atom stereocenters. The Morgan fingerprint density at radius 1 is 1.19 bits per heavy atom. The van der Waals surface area contributed by atoms with E-state index in [9.17, 15) is 9.59 Å². The van der Waals surface area contributed by atoms with E-state index in [0.717, 1.165) is 28.5 Å². The molecule has 0 N–H and O–H groups in total. The van der Waals surface area contributed by atoms with Gasteiger partial charge in [0.05, 0.1) is 7.11 Å². The second kappa shape index (κ2) is 8.19. The number of methoxy groups -OCH3 is 1. The fourth-order valence-corrected chi connectivity index (χ4v) is 2.96. The summed E-state index contributed by atoms with van der Waals surface area (Å²) in [6.45, 7) is 0.750. The van der Waals surface area contributed by atoms with Gasteiger partial charge in [0.2, 0.25) is 0 Å². The predicted octanol–water partition coefficient (Wildman–Crippen LogP) is 2.53. The molecule has 1 aliphatic heterocycles. The molecule has 0 bridgehead atoms. The van der Waals surface area contributed by atoms with Crippen LogP contribution in [0, 0.1) is 0 Å². The molecule has 6 heteroatoms. The summed E-state index contributed by atoms with van der Waals surface area (Å²) in [5.74, 6) is 0.112. The van der Waals surface area contributed by atoms with E-state index in [-0.39, 0.29) is 12.5 Å². The number of rotatable bonds is 6. The van der Waals surface area contributed by atoms with E-state index >= 15 is 0 Å². The lowest BCUT2D eigenvalue weighted by molar-refractivity contribution is -0.159. The number of nitrogens with zero attached hydrogens (tertiary/aromatic N) is 1. The minimum atomic E-state index is -0.523. The summed E-state index contributed by atoms with van der Waals surface area (Å²) in [5, 5.41) is 2.15. The van der Waals surface area contributed by atoms with Crippen LogP contribution in [0.2, 0.25) is 0 Å². The Morgan fingerprint density at radius 3 is 2.69 bits per heavy atom. The van der Waals surface area contributed by atoms with Crippen molar-refractivity contribution in [2.75, 3.05) is 27.4 Å². The zero-order valence-electron chi connectivity index (χ0n) is 15.1. The molecule has 1 fully saturated rings. The van der Waals surface area contributed by atoms with Crippen LogP contribution in [-0.4, -0.2) is 50.3 Å². The minimum absolute atomic E-state index is 0.244. The predicted molar refractivity (Wildman–Crippen MR) is 96.9 cm³/mol. The maximum atomic E-state index is 12.2. The minimum Gasteiger partial charge on any atom is -0.497 e. The van der Waals surface area contributed by atoms with Crippen molar-refractivity contribution in [3.63, 3.8) is 0 Å². The Balaban J connectivity index is 1.56. The van der Waals surface area contributed by atoms with Gasteiger partial charge in [-0.15, -0.1) is 0 Å². The molecule has 6 nitrogen and oxygen atoms in total. The summed E-state index contributed by atoms with van der Waals surface area (Å²) < 4.78 is 15.6. The summed E-state index contributed by atoms with van der Waals surface area (Å²) in [6, 6.07) is 11.9. The van der Waals surface area contributed by atoms with Gasteiger partial charge < -0.3 is 19.1 Å². The molecule has 0 aliphatic carbocycles. The first-order valence-corrected chi connectivity index (χ1v) is 8.65. The Labute approximate surface area is 152 Å². The molecule has 2 aromatic rings. The first kappa shape index (κ1) is 18.2. The van der Waals surface area contributed by atoms with Crippen LogP contribution in [0.5, 0.6) is 5.75 Å². The van der Waals surface area contributed by atoms with Crippen LogP contribution < -0.4 is 4.74 Å². The van der Waals surface area contributed by atoms with Crippen molar-refractivity contribution in [3.05, 3.63) is 42.0 Å². The summed E-state index contributed by atoms with van der Waals surface area (Å²) in [7, 11) is 3.34. The fraction of sp³-hybridized carbons (Fsp3) is 0.400. The smallest absolute Gasteiger partial charge is 0.335 e. The van der Waals surface area contributed by atoms with Gasteiger partial charge in [0.1, 0.15) is 5.75 Å². The molecule has 2 aromatic carbocycles. The van der Waals surface area contributed by atoms with Gasteiger partial charge in [0.25, 0.3) is 5.91 Å². The van der Waals surface area contributed by atoms with Crippen molar-refractivity contribution in [1.29, 1.82) is 0 Å². The van der Waals surface area contributed by atoms with Gasteiger partial charge in [0, 0.05) is 20.2 Å². The molecule has 3 rings (SSSR count). The normalized spacial score (nSPS) is 16.5. The molecule has 0 aromatic heterocycles. The summed E-state index contributed by atoms with van der Waals surface area (Å²) in [4.78, 5) is 25.6. The first-order chi connectivity index (χ1) is 12.6. The molecule has 1 amide bonds. The number of likely N-dealkylation sites (N-methyl/N-ethyl adjacent to an activating group) is 1. The van der Waals surface area contributed by atoms with Crippen LogP contribution in [-0.2, 0) is 25.6 Å². The van der Waals surface area contributed by atoms with Crippen molar-refractivity contribution in [2.24, 2.45) is 0 Å². The van der Waals surface area contributed by atoms with Crippen molar-refractivity contribution in [1.82, 2.24) is 4.90 Å². The second-order valence-electron chi connectivity index (χ2n) is 6.41. The van der Waals surface area contributed by atoms with Gasteiger partial charge in [-0.2, -0.15) is 0 Å². The van der Waals surface area contributed by atoms with E-state index in [0.29, 0.717) is 19.6 Å². The molecule has 0 spiro atoms. The molecular weight excluding hydrogens is 334 g/mol. The average molecular weight is 357 g/mol. The highest BCUT2D eigenvalue weighted by Crippen LogP contribution is 2.22. The van der Waals surface area contributed by atoms with Crippen molar-refractivity contribution < 1.29 is 23.8 Å². The second-order valence-corrected chi connectivity index (χ2v) is 6.41. The van der Waals surface area contributed by atoms with Gasteiger partial charge in [-0.3, -0.25) is 4.79 Å². The first-order valence-electron chi connectivity index (χ1n) is 8.65. The topological polar surface area (TPSA) is 65.1 Å². The SMILES string of the molecule is COc1ccc2cc(CN(C)C(=O)COC(=O)[C@H]3CCCO3)ccc2c1. The molecular formula is C20H23NO5. The van der Waals surface area contributed by atoms with Gasteiger partial charge in [0.15, 0.2) is 12.7 Å². The van der Waals surface area contributed by atoms with Gasteiger partial charge in [-0.1, -0.05) is 18.2 Å². The van der Waals surface area contributed by atoms with Crippen LogP contribution in [0.15, 0.2) is 36.4 Å². The number of benzene rings is 2. The number of hydrogen-bond donors (Lipinski definition) is 0. The van der Waals surface area contributed by atoms with E-state index in [4.69, 9.17) is 14.2 Å². The van der Waals surface area contributed by atoms with E-state index in [1.54, 1.807) is 19.1 Å². The largest absolute Gasteiger partial charge is 0.497 e. The zero-order chi connectivity index (χ0) is 18.5. The quantitative estimate of drug-likeness (QED) is 0.744. The van der Waals surface area contributed by atoms with Crippen molar-refractivity contribution in [2.45, 2.75) is 25.5 Å². The molecule has 0 radical (unpaired) electrons. The molecule has 1 aliphatic rings. The average Bonchev–Trinajstić information content (AvgIpc) is 3.20. The lowest BCUT2D eigenvalue weighted by atomic mass is 10.1. The number of hydrogen-bond acceptors (Lipinski definition) is 5. The maximum Gasteiger partial charge on any atom is 0.335 e. The Bertz CT molecular complexity index is 798. The van der Waals surface area contributed by atoms with E-state index in [1.807, 2.05) is 36.4 Å². The Kier molecular flexibility index (Phi) is 5.73. The Morgan fingerprint density at radius 2 is 1.96 bits per heavy atom. The van der Waals surface area contributed by atoms with Gasteiger partial charge in [-0.25, -0.2) is 4.79 Å². The van der Waals surface area contributed by atoms with Crippen LogP contribution in [0.3, 0.4) is 0 Å². The highest BCUT2D eigenvalue weighted by atomic mass is 16.6. The monoisotopic (exact) mass is 357 g/mol. The van der Waals surface area contributed by atoms with E-state index in [1.165, 1.54) is 0 Å². The maximum absolute atomic E-state index is 12.2. The van der Waals surface area contributed by atoms with Crippen LogP contribution in [0.25, 0.3) is 10.8 Å². The third-order valence-electron chi connectivity index (χ3n) is 4.49. The summed E-state index contributed by atoms with van der Waals surface area (Å²) in [6.07, 6.45) is 0.984. The highest BCUT2D eigenvalue weighted by Gasteiger charge is 2.26. The molecule has 1 heterocycles. The molecule has 1 saturated heterocycles. The van der Waals surface area contributed by atoms with Crippen LogP contribution >= 0.6 is 0 Å². The third-order valence-corrected chi connectivity index (χ3v) is 4.49. The van der Waals surface area contributed by atoms with Crippen LogP contribution in [0.4, 0.5) is 0 Å². The zero-order valence-corrected chi connectivity index (χ0v) is 15.1. The van der Waals surface area contributed by atoms with E-state index < -0.39 is 12.1 Å². The number of ether oxygens (including phenoxy) is 3. The van der Waals surface area contributed by atoms with Gasteiger partial charge >= 0.3 is 5.97 Å². The number of fused-ring (bicyclic) bond motifs is 1. The summed E-state index contributed by atoms with van der Waals surface area (Å²) in [5.41, 5.74) is 1.00. The molecule has 0 saturated carbocycles. The summed E-state index contributed by atoms with van der Waals surface area (Å²) >= 11 is 0. The molecule has 138 valence electrons. The third kappa shape index (κ3) is 4.32. The molecule has 0 unspecified atom stereocenters. The lowest BCUT2D eigenvalue weighted by Gasteiger charge is -2.18. The standard InChI is InChI=1S/C20H23NO5/c1-21(19(22)13-26-20(23)18-4-3-9-25-18)12-14-5-6-16-11-17(24-2)8-7-15(16)10-14/h5-8,10-11,18H,3-4,9,12-13H2,1-2H3/t18-/m1/s1. The highest BCUT2D eigenvalue weighted by molar-refractivity contribution is 5.85. The number of carbonyl (C=O) groups excluding carboxylic acids is 2. The lowest BCUT2D eigenvalue weighted by Crippen LogP contribution is -2.33. The van der Waals surface area contributed by atoms with E-state index in [2.05, 4.69) is 0 Å². The number of amides is 1. The van der Waals surface area contributed by atoms with Crippen molar-refractivity contribution in [3.8, 4) is 5.75 Å². The van der Waals surface area contributed by atoms with Gasteiger partial charge in [-0.05, 0) is 47.4 Å². The molecule has 26 heavy (non-hydrogen) atoms.